The maximum absolute atomic E-state index is 4.23. The van der Waals surface area contributed by atoms with Crippen LogP contribution in [0.25, 0.3) is 0 Å². The van der Waals surface area contributed by atoms with Crippen LogP contribution in [0.5, 0.6) is 0 Å². The second-order valence-electron chi connectivity index (χ2n) is 17.8. The van der Waals surface area contributed by atoms with Crippen molar-refractivity contribution in [1.82, 2.24) is 0 Å². The first kappa shape index (κ1) is 47.3. The Morgan fingerprint density at radius 1 is 0.694 bits per heavy atom. The molecule has 4 aliphatic carbocycles. The number of halogens is 2. The molecule has 0 aromatic heterocycles. The van der Waals surface area contributed by atoms with Crippen LogP contribution < -0.4 is 0 Å². The van der Waals surface area contributed by atoms with Crippen LogP contribution in [0.15, 0.2) is 95.9 Å². The molecule has 0 radical (unpaired) electrons. The molecule has 0 fully saturated rings. The van der Waals surface area contributed by atoms with Gasteiger partial charge >= 0.3 is 308 Å². The third-order valence-corrected chi connectivity index (χ3v) is 57.9. The molecule has 0 N–H and O–H groups in total. The summed E-state index contributed by atoms with van der Waals surface area (Å²) in [7, 11) is 0. The van der Waals surface area contributed by atoms with Gasteiger partial charge in [-0.25, -0.2) is 0 Å². The van der Waals surface area contributed by atoms with E-state index in [2.05, 4.69) is 160 Å². The van der Waals surface area contributed by atoms with Crippen molar-refractivity contribution >= 4 is 37.4 Å². The second-order valence-corrected chi connectivity index (χ2v) is 56.3. The molecule has 0 bridgehead atoms. The van der Waals surface area contributed by atoms with Crippen molar-refractivity contribution < 1.29 is 36.6 Å². The standard InChI is InChI=1S/4C9H13.C3H5.2C2H7Si.2ClH.Ti.Zr/c2*1-6-5-7(2)9(4)8(6)3;2*1-9(2,3)8-6-4-5-7-8;3*1-3-2;;;;/h2*6H,1-4H3;2*4,6H,5H2,1-3H3;3H,1-2H2;2*3H,1-2H3;2*1H;;. The Labute approximate surface area is 329 Å². The summed E-state index contributed by atoms with van der Waals surface area (Å²) in [5.74, 6) is 0.591. The molecule has 275 valence electrons. The van der Waals surface area contributed by atoms with Crippen LogP contribution in [0.2, 0.25) is 30.3 Å². The van der Waals surface area contributed by atoms with E-state index < -0.39 is 49.1 Å². The number of hydrogen-bond acceptors (Lipinski definition) is 0. The third kappa shape index (κ3) is 9.15. The van der Waals surface area contributed by atoms with Crippen LogP contribution in [-0.2, 0) is 36.6 Å². The summed E-state index contributed by atoms with van der Waals surface area (Å²) in [4.78, 5) is 0. The van der Waals surface area contributed by atoms with Crippen LogP contribution in [0.1, 0.15) is 110 Å². The van der Waals surface area contributed by atoms with Gasteiger partial charge in [-0.1, -0.05) is 0 Å². The van der Waals surface area contributed by atoms with Crippen LogP contribution in [-0.4, -0.2) is 12.6 Å². The van der Waals surface area contributed by atoms with Gasteiger partial charge in [0.2, 0.25) is 0 Å². The van der Waals surface area contributed by atoms with Crippen molar-refractivity contribution in [2.75, 3.05) is 0 Å². The zero-order chi connectivity index (χ0) is 36.0. The van der Waals surface area contributed by atoms with Crippen molar-refractivity contribution in [2.24, 2.45) is 22.7 Å². The summed E-state index contributed by atoms with van der Waals surface area (Å²) in [5.41, 5.74) is 13.6. The van der Waals surface area contributed by atoms with Gasteiger partial charge in [-0.3, -0.25) is 0 Å². The van der Waals surface area contributed by atoms with Gasteiger partial charge in [-0.15, -0.1) is 24.8 Å². The van der Waals surface area contributed by atoms with E-state index >= 15 is 0 Å². The maximum atomic E-state index is 4.23. The van der Waals surface area contributed by atoms with E-state index in [4.69, 9.17) is 0 Å². The first-order valence-electron chi connectivity index (χ1n) is 18.6. The van der Waals surface area contributed by atoms with Gasteiger partial charge in [0.25, 0.3) is 0 Å². The summed E-state index contributed by atoms with van der Waals surface area (Å²) >= 11 is -4.00. The van der Waals surface area contributed by atoms with Crippen LogP contribution in [0.3, 0.4) is 0 Å². The molecule has 4 rings (SSSR count). The first-order chi connectivity index (χ1) is 21.6. The fourth-order valence-corrected chi connectivity index (χ4v) is 54.6. The van der Waals surface area contributed by atoms with Gasteiger partial charge in [-0.2, -0.15) is 0 Å². The Morgan fingerprint density at radius 2 is 1.04 bits per heavy atom. The average Bonchev–Trinajstić information content (AvgIpc) is 3.74. The van der Waals surface area contributed by atoms with Crippen molar-refractivity contribution in [2.45, 2.75) is 140 Å². The zero-order valence-corrected chi connectivity index (χ0v) is 42.8. The number of allylic oxidation sites excluding steroid dienone is 17. The van der Waals surface area contributed by atoms with E-state index in [0.29, 0.717) is 11.8 Å². The molecule has 0 spiro atoms. The van der Waals surface area contributed by atoms with Gasteiger partial charge in [0.15, 0.2) is 0 Å². The molecule has 6 heteroatoms. The SMILES string of the molecule is C=C[CH2][Zr]([C]1=C(C(C)(C)C)C=CC1)([C]1=C(C(C)(C)C)C=CC1)[SiH](C)C.CC1=C(C)C(C)[C]([Ti]([C]2=C(C)C(C)=C(C)C2C)[SiH](C)C)=C1C.Cl.Cl. The third-order valence-electron chi connectivity index (χ3n) is 12.4. The predicted molar refractivity (Wildman–Crippen MR) is 228 cm³/mol. The van der Waals surface area contributed by atoms with Gasteiger partial charge < -0.3 is 0 Å². The summed E-state index contributed by atoms with van der Waals surface area (Å²) < 4.78 is 8.94. The minimum Gasteiger partial charge on any atom is -0.147 e. The molecule has 0 aromatic carbocycles. The molecule has 4 aliphatic rings. The molecular weight excluding hydrogens is 783 g/mol. The quantitative estimate of drug-likeness (QED) is 0.169. The molecule has 2 atom stereocenters. The normalized spacial score (nSPS) is 21.5. The van der Waals surface area contributed by atoms with Gasteiger partial charge in [0.05, 0.1) is 0 Å². The van der Waals surface area contributed by atoms with Crippen molar-refractivity contribution in [3.63, 3.8) is 0 Å². The van der Waals surface area contributed by atoms with E-state index in [1.54, 1.807) is 44.6 Å². The summed E-state index contributed by atoms with van der Waals surface area (Å²) in [6, 6.07) is 0. The molecular formula is C43H73Cl2Si2TiZr. The maximum Gasteiger partial charge on any atom is -0.147 e. The smallest absolute Gasteiger partial charge is 0.147 e. The zero-order valence-electron chi connectivity index (χ0n) is 34.8. The van der Waals surface area contributed by atoms with Crippen LogP contribution in [0.4, 0.5) is 0 Å². The monoisotopic (exact) mass is 853 g/mol. The molecule has 0 aromatic rings. The van der Waals surface area contributed by atoms with Crippen molar-refractivity contribution in [1.29, 1.82) is 0 Å². The van der Waals surface area contributed by atoms with E-state index in [9.17, 15) is 0 Å². The molecule has 0 aliphatic heterocycles. The molecule has 2 unspecified atom stereocenters. The molecule has 0 nitrogen and oxygen atoms in total. The number of rotatable bonds is 8. The van der Waals surface area contributed by atoms with Gasteiger partial charge in [0, 0.05) is 0 Å². The summed E-state index contributed by atoms with van der Waals surface area (Å²) in [6.45, 7) is 47.6. The van der Waals surface area contributed by atoms with Crippen molar-refractivity contribution in [3.05, 3.63) is 95.9 Å². The molecule has 0 saturated carbocycles. The fourth-order valence-electron chi connectivity index (χ4n) is 9.21. The van der Waals surface area contributed by atoms with Crippen LogP contribution in [0, 0.1) is 22.7 Å². The molecule has 0 heterocycles. The topological polar surface area (TPSA) is 0 Å². The Hall–Kier alpha value is 0.271. The molecule has 0 saturated heterocycles. The predicted octanol–water partition coefficient (Wildman–Crippen LogP) is 14.2. The summed E-state index contributed by atoms with van der Waals surface area (Å²) in [6.07, 6.45) is 14.5. The second kappa shape index (κ2) is 18.1. The van der Waals surface area contributed by atoms with E-state index in [1.807, 2.05) is 14.3 Å². The Kier molecular flexibility index (Phi) is 17.4. The fraction of sp³-hybridized carbons (Fsp3) is 0.581. The Bertz CT molecular complexity index is 1430. The van der Waals surface area contributed by atoms with E-state index in [-0.39, 0.29) is 35.6 Å². The first-order valence-corrected chi connectivity index (χ1v) is 37.1. The van der Waals surface area contributed by atoms with Crippen LogP contribution >= 0.6 is 24.8 Å². The number of hydrogen-bond donors (Lipinski definition) is 0. The Balaban J connectivity index is 0.000000474. The van der Waals surface area contributed by atoms with E-state index in [0.717, 1.165) is 0 Å². The van der Waals surface area contributed by atoms with Gasteiger partial charge in [0.1, 0.15) is 0 Å². The minimum absolute atomic E-state index is 0. The van der Waals surface area contributed by atoms with E-state index in [1.165, 1.54) is 17.0 Å². The Morgan fingerprint density at radius 3 is 1.27 bits per heavy atom. The minimum atomic E-state index is -2.68. The van der Waals surface area contributed by atoms with Crippen molar-refractivity contribution in [3.8, 4) is 0 Å². The molecule has 0 amide bonds. The summed E-state index contributed by atoms with van der Waals surface area (Å²) in [5, 5.41) is 0. The molecule has 49 heavy (non-hydrogen) atoms. The largest absolute Gasteiger partial charge is 0.147 e. The van der Waals surface area contributed by atoms with Gasteiger partial charge in [-0.05, 0) is 0 Å². The average molecular weight is 856 g/mol.